The lowest BCUT2D eigenvalue weighted by atomic mass is 10.1. The molecule has 2 aromatic heterocycles. The van der Waals surface area contributed by atoms with Crippen molar-refractivity contribution in [1.82, 2.24) is 15.0 Å². The molecule has 0 atom stereocenters. The number of hydrogen-bond acceptors (Lipinski definition) is 5. The van der Waals surface area contributed by atoms with Crippen molar-refractivity contribution in [1.29, 1.82) is 0 Å². The van der Waals surface area contributed by atoms with E-state index in [-0.39, 0.29) is 5.91 Å². The summed E-state index contributed by atoms with van der Waals surface area (Å²) >= 11 is 1.53. The maximum Gasteiger partial charge on any atom is 0.258 e. The zero-order chi connectivity index (χ0) is 20.2. The predicted molar refractivity (Wildman–Crippen MR) is 116 cm³/mol. The van der Waals surface area contributed by atoms with Crippen LogP contribution in [0.5, 0.6) is 0 Å². The summed E-state index contributed by atoms with van der Waals surface area (Å²) in [5, 5.41) is 3.70. The molecule has 1 saturated carbocycles. The molecule has 4 rings (SSSR count). The Morgan fingerprint density at radius 3 is 2.66 bits per heavy atom. The Labute approximate surface area is 175 Å². The van der Waals surface area contributed by atoms with Gasteiger partial charge in [0.15, 0.2) is 0 Å². The molecule has 0 unspecified atom stereocenters. The van der Waals surface area contributed by atoms with E-state index in [2.05, 4.69) is 26.3 Å². The summed E-state index contributed by atoms with van der Waals surface area (Å²) in [5.41, 5.74) is 4.57. The summed E-state index contributed by atoms with van der Waals surface area (Å²) in [5.74, 6) is 2.18. The minimum absolute atomic E-state index is 0.150. The number of carbonyl (C=O) groups is 1. The first-order chi connectivity index (χ1) is 14.1. The van der Waals surface area contributed by atoms with Crippen LogP contribution in [0.3, 0.4) is 0 Å². The number of thioether (sulfide) groups is 1. The number of carbonyl (C=O) groups excluding carboxylic acids is 1. The number of pyridine rings is 1. The largest absolute Gasteiger partial charge is 0.322 e. The number of nitrogens with zero attached hydrogens (tertiary/aromatic N) is 3. The van der Waals surface area contributed by atoms with Gasteiger partial charge >= 0.3 is 0 Å². The topological polar surface area (TPSA) is 67.8 Å². The van der Waals surface area contributed by atoms with Gasteiger partial charge in [0.1, 0.15) is 10.9 Å². The van der Waals surface area contributed by atoms with Crippen LogP contribution in [0.25, 0.3) is 0 Å². The van der Waals surface area contributed by atoms with Crippen LogP contribution < -0.4 is 5.32 Å². The summed E-state index contributed by atoms with van der Waals surface area (Å²) < 4.78 is 0. The van der Waals surface area contributed by atoms with Crippen molar-refractivity contribution >= 4 is 23.4 Å². The molecule has 1 aliphatic carbocycles. The Kier molecular flexibility index (Phi) is 5.90. The van der Waals surface area contributed by atoms with Crippen molar-refractivity contribution in [2.75, 3.05) is 5.32 Å². The number of aryl methyl sites for hydroxylation is 2. The number of amides is 1. The molecule has 0 radical (unpaired) electrons. The quantitative estimate of drug-likeness (QED) is 0.562. The van der Waals surface area contributed by atoms with Crippen molar-refractivity contribution in [2.45, 2.75) is 43.9 Å². The lowest BCUT2D eigenvalue weighted by molar-refractivity contribution is 0.102. The van der Waals surface area contributed by atoms with Crippen LogP contribution in [-0.2, 0) is 12.2 Å². The molecule has 29 heavy (non-hydrogen) atoms. The van der Waals surface area contributed by atoms with E-state index in [9.17, 15) is 4.79 Å². The minimum atomic E-state index is -0.150. The van der Waals surface area contributed by atoms with Gasteiger partial charge in [-0.3, -0.25) is 4.79 Å². The average Bonchev–Trinajstić information content (AvgIpc) is 3.50. The number of anilines is 1. The molecule has 0 saturated heterocycles. The van der Waals surface area contributed by atoms with Gasteiger partial charge in [-0.25, -0.2) is 15.0 Å². The highest BCUT2D eigenvalue weighted by molar-refractivity contribution is 7.98. The van der Waals surface area contributed by atoms with E-state index in [1.165, 1.54) is 24.6 Å². The van der Waals surface area contributed by atoms with Crippen LogP contribution in [0.15, 0.2) is 53.8 Å². The van der Waals surface area contributed by atoms with Gasteiger partial charge in [-0.1, -0.05) is 17.8 Å². The normalized spacial score (nSPS) is 13.3. The maximum absolute atomic E-state index is 12.9. The molecule has 1 fully saturated rings. The number of nitrogens with one attached hydrogen (secondary N) is 1. The highest BCUT2D eigenvalue weighted by Gasteiger charge is 2.22. The van der Waals surface area contributed by atoms with Gasteiger partial charge in [0, 0.05) is 30.3 Å². The van der Waals surface area contributed by atoms with Gasteiger partial charge in [-0.05, 0) is 74.1 Å². The zero-order valence-electron chi connectivity index (χ0n) is 16.7. The summed E-state index contributed by atoms with van der Waals surface area (Å²) in [6.45, 7) is 4.04. The summed E-state index contributed by atoms with van der Waals surface area (Å²) in [4.78, 5) is 26.3. The van der Waals surface area contributed by atoms with E-state index in [4.69, 9.17) is 0 Å². The van der Waals surface area contributed by atoms with Crippen LogP contribution in [0.4, 0.5) is 5.69 Å². The minimum Gasteiger partial charge on any atom is -0.322 e. The highest BCUT2D eigenvalue weighted by atomic mass is 32.2. The fourth-order valence-electron chi connectivity index (χ4n) is 3.27. The average molecular weight is 405 g/mol. The Morgan fingerprint density at radius 2 is 1.90 bits per heavy atom. The third kappa shape index (κ3) is 5.41. The molecule has 2 heterocycles. The fraction of sp³-hybridized carbons (Fsp3) is 0.304. The molecule has 0 aliphatic heterocycles. The second-order valence-electron chi connectivity index (χ2n) is 7.59. The van der Waals surface area contributed by atoms with Crippen LogP contribution in [0, 0.1) is 19.8 Å². The van der Waals surface area contributed by atoms with Gasteiger partial charge in [-0.2, -0.15) is 0 Å². The molecular weight excluding hydrogens is 380 g/mol. The zero-order valence-corrected chi connectivity index (χ0v) is 17.5. The molecule has 1 aliphatic rings. The van der Waals surface area contributed by atoms with E-state index in [0.717, 1.165) is 40.7 Å². The Bertz CT molecular complexity index is 1010. The van der Waals surface area contributed by atoms with Gasteiger partial charge < -0.3 is 5.32 Å². The van der Waals surface area contributed by atoms with Crippen LogP contribution in [0.1, 0.15) is 45.8 Å². The smallest absolute Gasteiger partial charge is 0.258 e. The van der Waals surface area contributed by atoms with Crippen molar-refractivity contribution in [2.24, 2.45) is 5.92 Å². The first-order valence-corrected chi connectivity index (χ1v) is 10.8. The number of benzene rings is 1. The Hall–Kier alpha value is -2.73. The molecule has 1 aromatic carbocycles. The predicted octanol–water partition coefficient (Wildman–Crippen LogP) is 4.99. The van der Waals surface area contributed by atoms with Gasteiger partial charge in [0.05, 0.1) is 11.3 Å². The molecule has 148 valence electrons. The fourth-order valence-corrected chi connectivity index (χ4v) is 4.16. The second kappa shape index (κ2) is 8.74. The molecule has 0 spiro atoms. The maximum atomic E-state index is 12.9. The third-order valence-electron chi connectivity index (χ3n) is 4.78. The molecular formula is C23H24N4OS. The van der Waals surface area contributed by atoms with Crippen LogP contribution in [-0.4, -0.2) is 20.9 Å². The summed E-state index contributed by atoms with van der Waals surface area (Å²) in [7, 11) is 0. The first-order valence-electron chi connectivity index (χ1n) is 9.85. The van der Waals surface area contributed by atoms with Gasteiger partial charge in [-0.15, -0.1) is 0 Å². The molecule has 1 N–H and O–H groups in total. The monoisotopic (exact) mass is 404 g/mol. The SMILES string of the molecule is Cc1cc(C)cc(NC(=O)c2cccnc2SCc2ccnc(CC3CC3)n2)c1. The molecule has 5 nitrogen and oxygen atoms in total. The van der Waals surface area contributed by atoms with Crippen molar-refractivity contribution in [3.8, 4) is 0 Å². The molecule has 3 aromatic rings. The van der Waals surface area contributed by atoms with Crippen molar-refractivity contribution < 1.29 is 4.79 Å². The summed E-state index contributed by atoms with van der Waals surface area (Å²) in [6.07, 6.45) is 7.08. The molecule has 0 bridgehead atoms. The van der Waals surface area contributed by atoms with E-state index < -0.39 is 0 Å². The van der Waals surface area contributed by atoms with Crippen molar-refractivity contribution in [3.63, 3.8) is 0 Å². The summed E-state index contributed by atoms with van der Waals surface area (Å²) in [6, 6.07) is 11.6. The lowest BCUT2D eigenvalue weighted by Crippen LogP contribution is -2.14. The third-order valence-corrected chi connectivity index (χ3v) is 5.82. The highest BCUT2D eigenvalue weighted by Crippen LogP contribution is 2.32. The van der Waals surface area contributed by atoms with E-state index in [1.54, 1.807) is 12.3 Å². The number of rotatable bonds is 7. The standard InChI is InChI=1S/C23H24N4OS/c1-15-10-16(2)12-19(11-15)27-22(28)20-4-3-8-25-23(20)29-14-18-7-9-24-21(26-18)13-17-5-6-17/h3-4,7-12,17H,5-6,13-14H2,1-2H3,(H,27,28). The van der Waals surface area contributed by atoms with E-state index in [0.29, 0.717) is 16.3 Å². The molecule has 1 amide bonds. The van der Waals surface area contributed by atoms with E-state index in [1.807, 2.05) is 44.3 Å². The number of hydrogen-bond donors (Lipinski definition) is 1. The lowest BCUT2D eigenvalue weighted by Gasteiger charge is -2.10. The van der Waals surface area contributed by atoms with Crippen LogP contribution in [0.2, 0.25) is 0 Å². The Balaban J connectivity index is 1.45. The van der Waals surface area contributed by atoms with Crippen molar-refractivity contribution in [3.05, 3.63) is 77.0 Å². The Morgan fingerprint density at radius 1 is 1.10 bits per heavy atom. The second-order valence-corrected chi connectivity index (χ2v) is 8.55. The van der Waals surface area contributed by atoms with Gasteiger partial charge in [0.2, 0.25) is 0 Å². The molecule has 6 heteroatoms. The van der Waals surface area contributed by atoms with Gasteiger partial charge in [0.25, 0.3) is 5.91 Å². The van der Waals surface area contributed by atoms with E-state index >= 15 is 0 Å². The first kappa shape index (κ1) is 19.6. The van der Waals surface area contributed by atoms with Crippen LogP contribution >= 0.6 is 11.8 Å². The number of aromatic nitrogens is 3.